The van der Waals surface area contributed by atoms with Gasteiger partial charge in [0.2, 0.25) is 0 Å². The molecule has 0 saturated carbocycles. The van der Waals surface area contributed by atoms with Crippen molar-refractivity contribution in [2.24, 2.45) is 0 Å². The molecule has 0 radical (unpaired) electrons. The molecule has 0 amide bonds. The van der Waals surface area contributed by atoms with E-state index in [-0.39, 0.29) is 0 Å². The maximum Gasteiger partial charge on any atom is 0.180 e. The van der Waals surface area contributed by atoms with Gasteiger partial charge in [-0.3, -0.25) is 0 Å². The Morgan fingerprint density at radius 1 is 1.22 bits per heavy atom. The SMILES string of the molecule is CNCCC(O)c1ccc(S(=O)(=O)C(C)C)cc1. The van der Waals surface area contributed by atoms with Crippen molar-refractivity contribution in [3.63, 3.8) is 0 Å². The van der Waals surface area contributed by atoms with Crippen LogP contribution in [0.15, 0.2) is 29.2 Å². The molecular formula is C13H21NO3S. The molecule has 1 unspecified atom stereocenters. The summed E-state index contributed by atoms with van der Waals surface area (Å²) in [6.45, 7) is 4.03. The number of rotatable bonds is 6. The molecule has 0 aliphatic heterocycles. The van der Waals surface area contributed by atoms with Gasteiger partial charge in [-0.05, 0) is 51.6 Å². The van der Waals surface area contributed by atoms with Gasteiger partial charge >= 0.3 is 0 Å². The Morgan fingerprint density at radius 3 is 2.22 bits per heavy atom. The Kier molecular flexibility index (Phi) is 5.31. The van der Waals surface area contributed by atoms with E-state index in [1.165, 1.54) is 0 Å². The minimum atomic E-state index is -3.23. The zero-order valence-corrected chi connectivity index (χ0v) is 11.9. The van der Waals surface area contributed by atoms with E-state index in [2.05, 4.69) is 5.32 Å². The third kappa shape index (κ3) is 3.54. The number of hydrogen-bond donors (Lipinski definition) is 2. The first-order chi connectivity index (χ1) is 8.39. The van der Waals surface area contributed by atoms with Gasteiger partial charge in [-0.25, -0.2) is 8.42 Å². The van der Waals surface area contributed by atoms with Gasteiger partial charge in [0.15, 0.2) is 9.84 Å². The third-order valence-corrected chi connectivity index (χ3v) is 5.05. The molecule has 0 bridgehead atoms. The molecule has 0 aliphatic rings. The van der Waals surface area contributed by atoms with Gasteiger partial charge in [-0.1, -0.05) is 12.1 Å². The highest BCUT2D eigenvalue weighted by Gasteiger charge is 2.19. The minimum Gasteiger partial charge on any atom is -0.388 e. The summed E-state index contributed by atoms with van der Waals surface area (Å²) in [6.07, 6.45) is 0.0421. The lowest BCUT2D eigenvalue weighted by molar-refractivity contribution is 0.167. The first-order valence-electron chi connectivity index (χ1n) is 6.06. The topological polar surface area (TPSA) is 66.4 Å². The lowest BCUT2D eigenvalue weighted by Crippen LogP contribution is -2.14. The standard InChI is InChI=1S/C13H21NO3S/c1-10(2)18(16,17)12-6-4-11(5-7-12)13(15)8-9-14-3/h4-7,10,13-15H,8-9H2,1-3H3. The van der Waals surface area contributed by atoms with E-state index in [9.17, 15) is 13.5 Å². The first-order valence-corrected chi connectivity index (χ1v) is 7.60. The fourth-order valence-electron chi connectivity index (χ4n) is 1.60. The summed E-state index contributed by atoms with van der Waals surface area (Å²) in [5.74, 6) is 0. The molecule has 18 heavy (non-hydrogen) atoms. The average molecular weight is 271 g/mol. The zero-order chi connectivity index (χ0) is 13.8. The maximum atomic E-state index is 11.9. The highest BCUT2D eigenvalue weighted by molar-refractivity contribution is 7.92. The second-order valence-electron chi connectivity index (χ2n) is 4.57. The third-order valence-electron chi connectivity index (χ3n) is 2.88. The highest BCUT2D eigenvalue weighted by Crippen LogP contribution is 2.21. The second kappa shape index (κ2) is 6.31. The largest absolute Gasteiger partial charge is 0.388 e. The van der Waals surface area contributed by atoms with Gasteiger partial charge in [0, 0.05) is 0 Å². The first kappa shape index (κ1) is 15.1. The predicted molar refractivity (Wildman–Crippen MR) is 72.3 cm³/mol. The number of benzene rings is 1. The van der Waals surface area contributed by atoms with Crippen molar-refractivity contribution >= 4 is 9.84 Å². The molecule has 0 aromatic heterocycles. The van der Waals surface area contributed by atoms with Crippen LogP contribution in [-0.4, -0.2) is 32.4 Å². The van der Waals surface area contributed by atoms with Crippen molar-refractivity contribution in [2.45, 2.75) is 36.5 Å². The molecule has 1 aromatic rings. The normalized spacial score (nSPS) is 13.8. The number of sulfone groups is 1. The molecule has 0 fully saturated rings. The van der Waals surface area contributed by atoms with E-state index in [1.54, 1.807) is 38.1 Å². The lowest BCUT2D eigenvalue weighted by Gasteiger charge is -2.12. The summed E-state index contributed by atoms with van der Waals surface area (Å²) < 4.78 is 23.8. The molecule has 1 rings (SSSR count). The predicted octanol–water partition coefficient (Wildman–Crippen LogP) is 1.51. The fourth-order valence-corrected chi connectivity index (χ4v) is 2.66. The van der Waals surface area contributed by atoms with Gasteiger partial charge in [0.05, 0.1) is 16.2 Å². The van der Waals surface area contributed by atoms with E-state index in [4.69, 9.17) is 0 Å². The van der Waals surface area contributed by atoms with Gasteiger partial charge in [-0.15, -0.1) is 0 Å². The van der Waals surface area contributed by atoms with Crippen LogP contribution in [0.4, 0.5) is 0 Å². The van der Waals surface area contributed by atoms with Crippen LogP contribution >= 0.6 is 0 Å². The molecule has 0 aliphatic carbocycles. The number of aliphatic hydroxyl groups is 1. The Balaban J connectivity index is 2.87. The monoisotopic (exact) mass is 271 g/mol. The van der Waals surface area contributed by atoms with Crippen molar-refractivity contribution < 1.29 is 13.5 Å². The van der Waals surface area contributed by atoms with Crippen molar-refractivity contribution in [3.05, 3.63) is 29.8 Å². The van der Waals surface area contributed by atoms with Crippen LogP contribution in [0.5, 0.6) is 0 Å². The van der Waals surface area contributed by atoms with Gasteiger partial charge in [-0.2, -0.15) is 0 Å². The average Bonchev–Trinajstić information content (AvgIpc) is 2.35. The molecule has 1 atom stereocenters. The van der Waals surface area contributed by atoms with Gasteiger partial charge in [0.25, 0.3) is 0 Å². The fraction of sp³-hybridized carbons (Fsp3) is 0.538. The van der Waals surface area contributed by atoms with Crippen LogP contribution in [0.1, 0.15) is 31.9 Å². The summed E-state index contributed by atoms with van der Waals surface area (Å²) in [5, 5.41) is 12.4. The summed E-state index contributed by atoms with van der Waals surface area (Å²) >= 11 is 0. The smallest absolute Gasteiger partial charge is 0.180 e. The highest BCUT2D eigenvalue weighted by atomic mass is 32.2. The van der Waals surface area contributed by atoms with E-state index >= 15 is 0 Å². The number of aliphatic hydroxyl groups excluding tert-OH is 1. The van der Waals surface area contributed by atoms with Crippen LogP contribution in [0, 0.1) is 0 Å². The zero-order valence-electron chi connectivity index (χ0n) is 11.1. The maximum absolute atomic E-state index is 11.9. The Morgan fingerprint density at radius 2 is 1.78 bits per heavy atom. The molecule has 1 aromatic carbocycles. The number of hydrogen-bond acceptors (Lipinski definition) is 4. The van der Waals surface area contributed by atoms with Gasteiger partial charge < -0.3 is 10.4 Å². The van der Waals surface area contributed by atoms with Gasteiger partial charge in [0.1, 0.15) is 0 Å². The van der Waals surface area contributed by atoms with Crippen molar-refractivity contribution in [1.29, 1.82) is 0 Å². The van der Waals surface area contributed by atoms with E-state index in [1.807, 2.05) is 7.05 Å². The number of nitrogens with one attached hydrogen (secondary N) is 1. The molecule has 0 saturated heterocycles. The molecule has 4 nitrogen and oxygen atoms in total. The van der Waals surface area contributed by atoms with Crippen molar-refractivity contribution in [1.82, 2.24) is 5.32 Å². The summed E-state index contributed by atoms with van der Waals surface area (Å²) in [6, 6.07) is 6.48. The summed E-state index contributed by atoms with van der Waals surface area (Å²) in [7, 11) is -1.41. The lowest BCUT2D eigenvalue weighted by atomic mass is 10.1. The molecule has 2 N–H and O–H groups in total. The van der Waals surface area contributed by atoms with E-state index in [0.29, 0.717) is 17.9 Å². The Hall–Kier alpha value is -0.910. The second-order valence-corrected chi connectivity index (χ2v) is 7.08. The molecule has 102 valence electrons. The molecular weight excluding hydrogens is 250 g/mol. The van der Waals surface area contributed by atoms with Crippen molar-refractivity contribution in [3.8, 4) is 0 Å². The van der Waals surface area contributed by atoms with Crippen molar-refractivity contribution in [2.75, 3.05) is 13.6 Å². The van der Waals surface area contributed by atoms with Crippen LogP contribution in [0.25, 0.3) is 0 Å². The molecule has 5 heteroatoms. The van der Waals surface area contributed by atoms with Crippen LogP contribution in [-0.2, 0) is 9.84 Å². The minimum absolute atomic E-state index is 0.307. The van der Waals surface area contributed by atoms with Crippen LogP contribution in [0.3, 0.4) is 0 Å². The summed E-state index contributed by atoms with van der Waals surface area (Å²) in [4.78, 5) is 0.307. The molecule has 0 spiro atoms. The Labute approximate surface area is 109 Å². The molecule has 0 heterocycles. The van der Waals surface area contributed by atoms with Crippen LogP contribution in [0.2, 0.25) is 0 Å². The van der Waals surface area contributed by atoms with Crippen LogP contribution < -0.4 is 5.32 Å². The Bertz CT molecular complexity index is 466. The van der Waals surface area contributed by atoms with E-state index < -0.39 is 21.2 Å². The van der Waals surface area contributed by atoms with E-state index in [0.717, 1.165) is 5.56 Å². The summed E-state index contributed by atoms with van der Waals surface area (Å²) in [5.41, 5.74) is 0.743. The quantitative estimate of drug-likeness (QED) is 0.823.